The van der Waals surface area contributed by atoms with E-state index in [2.05, 4.69) is 9.72 Å². The van der Waals surface area contributed by atoms with Crippen LogP contribution < -0.4 is 5.73 Å². The molecule has 1 amide bonds. The molecule has 0 saturated carbocycles. The Labute approximate surface area is 147 Å². The standard InChI is InChI=1S/C9H12O8.C6H6N2O/c10-3-4-7(14)8(15)9(16-4)17-6(13)2-1-5(11)12;7-6(9)5-2-1-3-8-4-5/h1-2,4,7-10,14-15H,3H2,(H,11,12);1-4H,(H2,7,9)/b2-1+;/t4-,7-,8-,9?;/m1./s1. The van der Waals surface area contributed by atoms with E-state index in [0.29, 0.717) is 17.7 Å². The van der Waals surface area contributed by atoms with Crippen LogP contribution in [0.4, 0.5) is 0 Å². The summed E-state index contributed by atoms with van der Waals surface area (Å²) in [6, 6.07) is 3.29. The largest absolute Gasteiger partial charge is 0.478 e. The van der Waals surface area contributed by atoms with Crippen molar-refractivity contribution in [2.75, 3.05) is 6.61 Å². The number of aromatic nitrogens is 1. The second-order valence-corrected chi connectivity index (χ2v) is 4.92. The van der Waals surface area contributed by atoms with E-state index < -0.39 is 49.1 Å². The van der Waals surface area contributed by atoms with Gasteiger partial charge in [0.1, 0.15) is 18.3 Å². The van der Waals surface area contributed by atoms with E-state index in [4.69, 9.17) is 20.7 Å². The minimum absolute atomic E-state index is 0.442. The molecule has 1 aliphatic rings. The lowest BCUT2D eigenvalue weighted by Crippen LogP contribution is -2.35. The van der Waals surface area contributed by atoms with Crippen LogP contribution in [0.3, 0.4) is 0 Å². The fourth-order valence-corrected chi connectivity index (χ4v) is 1.76. The molecule has 1 unspecified atom stereocenters. The van der Waals surface area contributed by atoms with Crippen LogP contribution in [0.2, 0.25) is 0 Å². The average molecular weight is 370 g/mol. The first-order valence-corrected chi connectivity index (χ1v) is 7.20. The molecular weight excluding hydrogens is 352 g/mol. The zero-order valence-corrected chi connectivity index (χ0v) is 13.3. The van der Waals surface area contributed by atoms with Gasteiger partial charge >= 0.3 is 11.9 Å². The summed E-state index contributed by atoms with van der Waals surface area (Å²) in [5, 5.41) is 35.7. The lowest BCUT2D eigenvalue weighted by molar-refractivity contribution is -0.184. The van der Waals surface area contributed by atoms with Crippen LogP contribution in [0.15, 0.2) is 36.7 Å². The molecule has 142 valence electrons. The Morgan fingerprint density at radius 1 is 1.27 bits per heavy atom. The summed E-state index contributed by atoms with van der Waals surface area (Å²) in [4.78, 5) is 35.2. The van der Waals surface area contributed by atoms with Crippen molar-refractivity contribution < 1.29 is 44.3 Å². The number of aliphatic carboxylic acids is 1. The van der Waals surface area contributed by atoms with Gasteiger partial charge in [0, 0.05) is 24.5 Å². The van der Waals surface area contributed by atoms with E-state index in [1.54, 1.807) is 18.3 Å². The maximum Gasteiger partial charge on any atom is 0.333 e. The first-order chi connectivity index (χ1) is 12.3. The maximum atomic E-state index is 11.0. The van der Waals surface area contributed by atoms with Crippen LogP contribution in [0.5, 0.6) is 0 Å². The predicted octanol–water partition coefficient (Wildman–Crippen LogP) is -2.21. The van der Waals surface area contributed by atoms with Crippen molar-refractivity contribution in [1.82, 2.24) is 4.98 Å². The molecule has 0 radical (unpaired) electrons. The van der Waals surface area contributed by atoms with Crippen LogP contribution in [-0.4, -0.2) is 74.5 Å². The molecule has 1 aromatic heterocycles. The number of carboxylic acids is 1. The summed E-state index contributed by atoms with van der Waals surface area (Å²) < 4.78 is 9.38. The van der Waals surface area contributed by atoms with E-state index in [-0.39, 0.29) is 0 Å². The third-order valence-corrected chi connectivity index (χ3v) is 3.04. The van der Waals surface area contributed by atoms with E-state index >= 15 is 0 Å². The molecule has 4 atom stereocenters. The number of ether oxygens (including phenoxy) is 2. The Bertz CT molecular complexity index is 650. The minimum atomic E-state index is -1.49. The number of rotatable bonds is 5. The number of carbonyl (C=O) groups is 3. The zero-order valence-electron chi connectivity index (χ0n) is 13.3. The number of pyridine rings is 1. The van der Waals surface area contributed by atoms with Gasteiger partial charge in [-0.05, 0) is 12.1 Å². The number of primary amides is 1. The van der Waals surface area contributed by atoms with Crippen LogP contribution in [0.1, 0.15) is 10.4 Å². The van der Waals surface area contributed by atoms with Crippen molar-refractivity contribution in [2.24, 2.45) is 5.73 Å². The normalized spacial score (nSPS) is 24.6. The van der Waals surface area contributed by atoms with E-state index in [1.807, 2.05) is 0 Å². The highest BCUT2D eigenvalue weighted by molar-refractivity contribution is 5.92. The Kier molecular flexibility index (Phi) is 8.31. The van der Waals surface area contributed by atoms with Crippen molar-refractivity contribution in [3.63, 3.8) is 0 Å². The Balaban J connectivity index is 0.000000314. The Hall–Kier alpha value is -2.86. The van der Waals surface area contributed by atoms with Crippen molar-refractivity contribution >= 4 is 17.8 Å². The first kappa shape index (κ1) is 21.2. The summed E-state index contributed by atoms with van der Waals surface area (Å²) in [7, 11) is 0. The number of nitrogens with zero attached hydrogens (tertiary/aromatic N) is 1. The number of aliphatic hydroxyl groups excluding tert-OH is 3. The highest BCUT2D eigenvalue weighted by atomic mass is 16.7. The summed E-state index contributed by atoms with van der Waals surface area (Å²) in [6.07, 6.45) is -1.13. The average Bonchev–Trinajstić information content (AvgIpc) is 2.89. The van der Waals surface area contributed by atoms with Crippen molar-refractivity contribution in [1.29, 1.82) is 0 Å². The SMILES string of the molecule is NC(=O)c1cccnc1.O=C(O)/C=C/C(=O)OC1O[C@H](CO)[C@@H](O)[C@H]1O. The number of nitrogens with two attached hydrogens (primary N) is 1. The summed E-state index contributed by atoms with van der Waals surface area (Å²) in [6.45, 7) is -0.544. The summed E-state index contributed by atoms with van der Waals surface area (Å²) in [5.41, 5.74) is 5.38. The fraction of sp³-hybridized carbons (Fsp3) is 0.333. The molecular formula is C15H18N2O9. The quantitative estimate of drug-likeness (QED) is 0.280. The van der Waals surface area contributed by atoms with Gasteiger partial charge in [-0.3, -0.25) is 9.78 Å². The molecule has 0 spiro atoms. The number of hydrogen-bond donors (Lipinski definition) is 5. The number of carboxylic acid groups (broad SMARTS) is 1. The third kappa shape index (κ3) is 6.57. The van der Waals surface area contributed by atoms with Gasteiger partial charge in [0.25, 0.3) is 0 Å². The van der Waals surface area contributed by atoms with Crippen molar-refractivity contribution in [3.05, 3.63) is 42.2 Å². The highest BCUT2D eigenvalue weighted by Crippen LogP contribution is 2.22. The molecule has 26 heavy (non-hydrogen) atoms. The maximum absolute atomic E-state index is 11.0. The van der Waals surface area contributed by atoms with Gasteiger partial charge in [-0.2, -0.15) is 0 Å². The molecule has 2 heterocycles. The molecule has 1 saturated heterocycles. The van der Waals surface area contributed by atoms with Crippen molar-refractivity contribution in [2.45, 2.75) is 24.6 Å². The number of carbonyl (C=O) groups excluding carboxylic acids is 2. The molecule has 11 nitrogen and oxygen atoms in total. The summed E-state index contributed by atoms with van der Waals surface area (Å²) >= 11 is 0. The van der Waals surface area contributed by atoms with Gasteiger partial charge in [0.15, 0.2) is 0 Å². The van der Waals surface area contributed by atoms with Gasteiger partial charge < -0.3 is 35.6 Å². The van der Waals surface area contributed by atoms with Crippen LogP contribution in [0, 0.1) is 0 Å². The number of hydrogen-bond acceptors (Lipinski definition) is 9. The van der Waals surface area contributed by atoms with E-state index in [9.17, 15) is 24.6 Å². The summed E-state index contributed by atoms with van der Waals surface area (Å²) in [5.74, 6) is -2.81. The first-order valence-electron chi connectivity index (χ1n) is 7.20. The Morgan fingerprint density at radius 3 is 2.38 bits per heavy atom. The van der Waals surface area contributed by atoms with Crippen molar-refractivity contribution in [3.8, 4) is 0 Å². The highest BCUT2D eigenvalue weighted by Gasteiger charge is 2.44. The lowest BCUT2D eigenvalue weighted by Gasteiger charge is -2.13. The van der Waals surface area contributed by atoms with Gasteiger partial charge in [0.2, 0.25) is 12.2 Å². The van der Waals surface area contributed by atoms with Gasteiger partial charge in [-0.1, -0.05) is 0 Å². The number of aliphatic hydroxyl groups is 3. The molecule has 0 aromatic carbocycles. The molecule has 11 heteroatoms. The second kappa shape index (κ2) is 10.2. The number of esters is 1. The smallest absolute Gasteiger partial charge is 0.333 e. The van der Waals surface area contributed by atoms with Crippen LogP contribution >= 0.6 is 0 Å². The molecule has 1 aromatic rings. The zero-order chi connectivity index (χ0) is 19.7. The molecule has 1 aliphatic heterocycles. The topological polar surface area (TPSA) is 190 Å². The third-order valence-electron chi connectivity index (χ3n) is 3.04. The predicted molar refractivity (Wildman–Crippen MR) is 83.4 cm³/mol. The monoisotopic (exact) mass is 370 g/mol. The molecule has 0 aliphatic carbocycles. The van der Waals surface area contributed by atoms with E-state index in [1.165, 1.54) is 6.20 Å². The van der Waals surface area contributed by atoms with Crippen LogP contribution in [0.25, 0.3) is 0 Å². The van der Waals surface area contributed by atoms with Gasteiger partial charge in [0.05, 0.1) is 12.2 Å². The molecule has 2 rings (SSSR count). The number of amides is 1. The van der Waals surface area contributed by atoms with Crippen LogP contribution in [-0.2, 0) is 19.1 Å². The van der Waals surface area contributed by atoms with Gasteiger partial charge in [-0.25, -0.2) is 9.59 Å². The fourth-order valence-electron chi connectivity index (χ4n) is 1.76. The second-order valence-electron chi connectivity index (χ2n) is 4.92. The molecule has 6 N–H and O–H groups in total. The lowest BCUT2D eigenvalue weighted by atomic mass is 10.1. The molecule has 1 fully saturated rings. The molecule has 0 bridgehead atoms. The van der Waals surface area contributed by atoms with Gasteiger partial charge in [-0.15, -0.1) is 0 Å². The van der Waals surface area contributed by atoms with E-state index in [0.717, 1.165) is 0 Å². The Morgan fingerprint density at radius 2 is 1.96 bits per heavy atom. The minimum Gasteiger partial charge on any atom is -0.478 e.